The molecule has 0 spiro atoms. The van der Waals surface area contributed by atoms with Crippen molar-refractivity contribution in [1.29, 1.82) is 0 Å². The summed E-state index contributed by atoms with van der Waals surface area (Å²) in [7, 11) is 0. The molecule has 92 valence electrons. The number of hydrogen-bond donors (Lipinski definition) is 0. The third-order valence-corrected chi connectivity index (χ3v) is 3.31. The van der Waals surface area contributed by atoms with Gasteiger partial charge in [-0.1, -0.05) is 46.3 Å². The Morgan fingerprint density at radius 1 is 0.842 bits per heavy atom. The number of aromatic nitrogens is 2. The summed E-state index contributed by atoms with van der Waals surface area (Å²) in [4.78, 5) is 8.94. The van der Waals surface area contributed by atoms with Crippen LogP contribution in [-0.2, 0) is 0 Å². The second-order valence-electron chi connectivity index (χ2n) is 4.17. The van der Waals surface area contributed by atoms with Crippen LogP contribution >= 0.6 is 15.9 Å². The lowest BCUT2D eigenvalue weighted by Crippen LogP contribution is -1.86. The normalized spacial score (nSPS) is 11.2. The molecule has 1 heterocycles. The van der Waals surface area contributed by atoms with Gasteiger partial charge in [0.1, 0.15) is 0 Å². The van der Waals surface area contributed by atoms with E-state index in [0.717, 1.165) is 26.8 Å². The lowest BCUT2D eigenvalue weighted by atomic mass is 10.2. The van der Waals surface area contributed by atoms with Crippen LogP contribution in [0.2, 0.25) is 0 Å². The van der Waals surface area contributed by atoms with Gasteiger partial charge in [0.25, 0.3) is 0 Å². The summed E-state index contributed by atoms with van der Waals surface area (Å²) in [6, 6.07) is 16.0. The second-order valence-corrected chi connectivity index (χ2v) is 5.08. The molecule has 0 amide bonds. The number of halogens is 1. The fourth-order valence-electron chi connectivity index (χ4n) is 1.81. The summed E-state index contributed by atoms with van der Waals surface area (Å²) in [5.41, 5.74) is 3.84. The maximum Gasteiger partial charge on any atom is 0.0894 e. The molecule has 1 aromatic heterocycles. The van der Waals surface area contributed by atoms with E-state index in [0.29, 0.717) is 0 Å². The van der Waals surface area contributed by atoms with E-state index in [4.69, 9.17) is 0 Å². The van der Waals surface area contributed by atoms with Crippen molar-refractivity contribution in [2.45, 2.75) is 0 Å². The molecular formula is C16H11BrN2. The van der Waals surface area contributed by atoms with Gasteiger partial charge < -0.3 is 0 Å². The lowest BCUT2D eigenvalue weighted by Gasteiger charge is -1.98. The Bertz CT molecular complexity index is 733. The van der Waals surface area contributed by atoms with Crippen molar-refractivity contribution >= 4 is 39.1 Å². The van der Waals surface area contributed by atoms with Gasteiger partial charge in [0.2, 0.25) is 0 Å². The summed E-state index contributed by atoms with van der Waals surface area (Å²) in [5, 5.41) is 0. The summed E-state index contributed by atoms with van der Waals surface area (Å²) in [5.74, 6) is 0. The highest BCUT2D eigenvalue weighted by molar-refractivity contribution is 9.10. The molecule has 3 rings (SSSR count). The monoisotopic (exact) mass is 310 g/mol. The quantitative estimate of drug-likeness (QED) is 0.693. The molecule has 3 heteroatoms. The summed E-state index contributed by atoms with van der Waals surface area (Å²) in [6.45, 7) is 0. The van der Waals surface area contributed by atoms with Crippen LogP contribution in [0.1, 0.15) is 11.3 Å². The predicted molar refractivity (Wildman–Crippen MR) is 82.6 cm³/mol. The molecule has 0 aliphatic rings. The molecule has 0 saturated carbocycles. The largest absolute Gasteiger partial charge is 0.252 e. The van der Waals surface area contributed by atoms with Gasteiger partial charge in [-0.3, -0.25) is 4.98 Å². The molecule has 3 aromatic rings. The van der Waals surface area contributed by atoms with E-state index in [-0.39, 0.29) is 0 Å². The number of benzene rings is 2. The minimum atomic E-state index is 0.863. The van der Waals surface area contributed by atoms with Crippen LogP contribution in [-0.4, -0.2) is 9.97 Å². The highest BCUT2D eigenvalue weighted by Gasteiger charge is 1.96. The molecule has 2 aromatic carbocycles. The van der Waals surface area contributed by atoms with Crippen molar-refractivity contribution in [1.82, 2.24) is 9.97 Å². The smallest absolute Gasteiger partial charge is 0.0894 e. The van der Waals surface area contributed by atoms with Crippen LogP contribution in [0.25, 0.3) is 23.2 Å². The van der Waals surface area contributed by atoms with Crippen LogP contribution in [0, 0.1) is 0 Å². The van der Waals surface area contributed by atoms with E-state index in [1.54, 1.807) is 6.20 Å². The van der Waals surface area contributed by atoms with Crippen molar-refractivity contribution in [2.75, 3.05) is 0 Å². The average Bonchev–Trinajstić information content (AvgIpc) is 2.46. The highest BCUT2D eigenvalue weighted by atomic mass is 79.9. The molecule has 0 atom stereocenters. The molecule has 0 aliphatic carbocycles. The predicted octanol–water partition coefficient (Wildman–Crippen LogP) is 4.56. The minimum absolute atomic E-state index is 0.863. The molecule has 0 fully saturated rings. The first-order valence-electron chi connectivity index (χ1n) is 5.97. The summed E-state index contributed by atoms with van der Waals surface area (Å²) >= 11 is 3.42. The second kappa shape index (κ2) is 5.33. The van der Waals surface area contributed by atoms with E-state index in [1.165, 1.54) is 0 Å². The van der Waals surface area contributed by atoms with Gasteiger partial charge in [0.05, 0.1) is 22.9 Å². The molecule has 0 N–H and O–H groups in total. The average molecular weight is 311 g/mol. The zero-order chi connectivity index (χ0) is 13.1. The Balaban J connectivity index is 1.90. The Hall–Kier alpha value is -2.00. The van der Waals surface area contributed by atoms with Crippen molar-refractivity contribution in [3.63, 3.8) is 0 Å². The van der Waals surface area contributed by atoms with Crippen molar-refractivity contribution in [3.8, 4) is 0 Å². The molecular weight excluding hydrogens is 300 g/mol. The van der Waals surface area contributed by atoms with Gasteiger partial charge in [-0.25, -0.2) is 4.98 Å². The molecule has 19 heavy (non-hydrogen) atoms. The first kappa shape index (κ1) is 12.1. The van der Waals surface area contributed by atoms with Crippen molar-refractivity contribution < 1.29 is 0 Å². The minimum Gasteiger partial charge on any atom is -0.252 e. The highest BCUT2D eigenvalue weighted by Crippen LogP contribution is 2.14. The summed E-state index contributed by atoms with van der Waals surface area (Å²) in [6.07, 6.45) is 5.80. The van der Waals surface area contributed by atoms with Gasteiger partial charge in [-0.15, -0.1) is 0 Å². The van der Waals surface area contributed by atoms with Gasteiger partial charge in [-0.05, 0) is 35.9 Å². The number of para-hydroxylation sites is 2. The maximum absolute atomic E-state index is 4.55. The Labute approximate surface area is 120 Å². The maximum atomic E-state index is 4.55. The summed E-state index contributed by atoms with van der Waals surface area (Å²) < 4.78 is 1.08. The molecule has 0 bridgehead atoms. The third kappa shape index (κ3) is 2.88. The standard InChI is InChI=1S/C16H11BrN2/c17-13-8-5-12(6-9-13)7-10-14-11-18-15-3-1-2-4-16(15)19-14/h1-11H/b10-7+. The van der Waals surface area contributed by atoms with Gasteiger partial charge in [-0.2, -0.15) is 0 Å². The van der Waals surface area contributed by atoms with E-state index < -0.39 is 0 Å². The fourth-order valence-corrected chi connectivity index (χ4v) is 2.07. The Kier molecular flexibility index (Phi) is 3.38. The molecule has 2 nitrogen and oxygen atoms in total. The van der Waals surface area contributed by atoms with Crippen LogP contribution in [0.3, 0.4) is 0 Å². The van der Waals surface area contributed by atoms with Crippen LogP contribution < -0.4 is 0 Å². The Morgan fingerprint density at radius 3 is 2.37 bits per heavy atom. The molecule has 0 radical (unpaired) electrons. The van der Waals surface area contributed by atoms with E-state index in [2.05, 4.69) is 38.0 Å². The fraction of sp³-hybridized carbons (Fsp3) is 0. The lowest BCUT2D eigenvalue weighted by molar-refractivity contribution is 1.27. The van der Waals surface area contributed by atoms with Crippen molar-refractivity contribution in [2.24, 2.45) is 0 Å². The number of rotatable bonds is 2. The van der Waals surface area contributed by atoms with Crippen LogP contribution in [0.5, 0.6) is 0 Å². The third-order valence-electron chi connectivity index (χ3n) is 2.78. The van der Waals surface area contributed by atoms with E-state index in [1.807, 2.05) is 48.6 Å². The Morgan fingerprint density at radius 2 is 1.58 bits per heavy atom. The van der Waals surface area contributed by atoms with Gasteiger partial charge >= 0.3 is 0 Å². The number of nitrogens with zero attached hydrogens (tertiary/aromatic N) is 2. The van der Waals surface area contributed by atoms with Gasteiger partial charge in [0, 0.05) is 4.47 Å². The van der Waals surface area contributed by atoms with E-state index >= 15 is 0 Å². The number of fused-ring (bicyclic) bond motifs is 1. The van der Waals surface area contributed by atoms with Crippen molar-refractivity contribution in [3.05, 3.63) is 70.5 Å². The topological polar surface area (TPSA) is 25.8 Å². The first-order valence-corrected chi connectivity index (χ1v) is 6.76. The van der Waals surface area contributed by atoms with E-state index in [9.17, 15) is 0 Å². The molecule has 0 unspecified atom stereocenters. The molecule has 0 aliphatic heterocycles. The zero-order valence-electron chi connectivity index (χ0n) is 10.1. The van der Waals surface area contributed by atoms with Crippen LogP contribution in [0.4, 0.5) is 0 Å². The molecule has 0 saturated heterocycles. The number of hydrogen-bond acceptors (Lipinski definition) is 2. The van der Waals surface area contributed by atoms with Gasteiger partial charge in [0.15, 0.2) is 0 Å². The first-order chi connectivity index (χ1) is 9.31. The zero-order valence-corrected chi connectivity index (χ0v) is 11.7. The van der Waals surface area contributed by atoms with Crippen LogP contribution in [0.15, 0.2) is 59.2 Å². The SMILES string of the molecule is Brc1ccc(/C=C/c2cnc3ccccc3n2)cc1.